The van der Waals surface area contributed by atoms with Crippen molar-refractivity contribution in [2.24, 2.45) is 10.9 Å². The topological polar surface area (TPSA) is 58.3 Å². The van der Waals surface area contributed by atoms with Crippen LogP contribution in [0.1, 0.15) is 17.5 Å². The molecule has 0 amide bonds. The van der Waals surface area contributed by atoms with Crippen LogP contribution in [0.2, 0.25) is 0 Å². The number of hydrogen-bond acceptors (Lipinski definition) is 3. The van der Waals surface area contributed by atoms with Crippen molar-refractivity contribution < 1.29 is 0 Å². The SMILES string of the molecule is CN=C(NCc1ccnc(-n2cccn2)c1)N1CCC(Cc2ccccc2)C1. The minimum atomic E-state index is 0.674. The molecule has 144 valence electrons. The monoisotopic (exact) mass is 374 g/mol. The van der Waals surface area contributed by atoms with E-state index >= 15 is 0 Å². The molecule has 4 rings (SSSR count). The van der Waals surface area contributed by atoms with E-state index in [1.54, 1.807) is 10.9 Å². The summed E-state index contributed by atoms with van der Waals surface area (Å²) in [5.74, 6) is 2.46. The quantitative estimate of drug-likeness (QED) is 0.551. The Balaban J connectivity index is 1.34. The summed E-state index contributed by atoms with van der Waals surface area (Å²) >= 11 is 0. The van der Waals surface area contributed by atoms with Crippen LogP contribution in [0.5, 0.6) is 0 Å². The highest BCUT2D eigenvalue weighted by Crippen LogP contribution is 2.21. The van der Waals surface area contributed by atoms with Gasteiger partial charge < -0.3 is 10.2 Å². The molecule has 6 nitrogen and oxygen atoms in total. The van der Waals surface area contributed by atoms with Crippen molar-refractivity contribution in [2.75, 3.05) is 20.1 Å². The molecule has 1 aliphatic rings. The number of rotatable bonds is 5. The van der Waals surface area contributed by atoms with Crippen LogP contribution in [0.25, 0.3) is 5.82 Å². The molecule has 0 radical (unpaired) electrons. The van der Waals surface area contributed by atoms with Gasteiger partial charge >= 0.3 is 0 Å². The second kappa shape index (κ2) is 8.69. The van der Waals surface area contributed by atoms with E-state index in [1.807, 2.05) is 31.6 Å². The third kappa shape index (κ3) is 4.39. The van der Waals surface area contributed by atoms with Crippen LogP contribution in [0, 0.1) is 5.92 Å². The summed E-state index contributed by atoms with van der Waals surface area (Å²) in [5.41, 5.74) is 2.57. The predicted octanol–water partition coefficient (Wildman–Crippen LogP) is 2.91. The lowest BCUT2D eigenvalue weighted by molar-refractivity contribution is 0.460. The van der Waals surface area contributed by atoms with Gasteiger partial charge in [-0.15, -0.1) is 0 Å². The predicted molar refractivity (Wildman–Crippen MR) is 111 cm³/mol. The molecule has 1 saturated heterocycles. The van der Waals surface area contributed by atoms with E-state index in [1.165, 1.54) is 12.0 Å². The molecule has 6 heteroatoms. The summed E-state index contributed by atoms with van der Waals surface area (Å²) in [5, 5.41) is 7.75. The smallest absolute Gasteiger partial charge is 0.193 e. The summed E-state index contributed by atoms with van der Waals surface area (Å²) in [4.78, 5) is 11.2. The number of nitrogens with zero attached hydrogens (tertiary/aromatic N) is 5. The van der Waals surface area contributed by atoms with Gasteiger partial charge in [-0.3, -0.25) is 4.99 Å². The summed E-state index contributed by atoms with van der Waals surface area (Å²) in [6.45, 7) is 2.80. The minimum Gasteiger partial charge on any atom is -0.352 e. The maximum absolute atomic E-state index is 4.50. The normalized spacial score (nSPS) is 17.1. The molecule has 1 aromatic carbocycles. The van der Waals surface area contributed by atoms with Gasteiger partial charge in [0.2, 0.25) is 0 Å². The van der Waals surface area contributed by atoms with E-state index < -0.39 is 0 Å². The first kappa shape index (κ1) is 18.2. The highest BCUT2D eigenvalue weighted by atomic mass is 15.3. The molecule has 1 unspecified atom stereocenters. The van der Waals surface area contributed by atoms with Gasteiger partial charge in [0, 0.05) is 45.3 Å². The highest BCUT2D eigenvalue weighted by molar-refractivity contribution is 5.80. The third-order valence-electron chi connectivity index (χ3n) is 5.16. The molecule has 1 fully saturated rings. The summed E-state index contributed by atoms with van der Waals surface area (Å²) < 4.78 is 1.77. The Hall–Kier alpha value is -3.15. The molecular weight excluding hydrogens is 348 g/mol. The first-order chi connectivity index (χ1) is 13.8. The van der Waals surface area contributed by atoms with Crippen molar-refractivity contribution in [3.63, 3.8) is 0 Å². The van der Waals surface area contributed by atoms with E-state index in [2.05, 4.69) is 61.7 Å². The molecule has 1 aliphatic heterocycles. The number of hydrogen-bond donors (Lipinski definition) is 1. The lowest BCUT2D eigenvalue weighted by Gasteiger charge is -2.22. The Kier molecular flexibility index (Phi) is 5.66. The lowest BCUT2D eigenvalue weighted by atomic mass is 9.99. The zero-order valence-corrected chi connectivity index (χ0v) is 16.2. The fourth-order valence-corrected chi connectivity index (χ4v) is 3.75. The zero-order valence-electron chi connectivity index (χ0n) is 16.2. The number of guanidine groups is 1. The van der Waals surface area contributed by atoms with Crippen LogP contribution in [-0.4, -0.2) is 45.8 Å². The molecule has 1 atom stereocenters. The van der Waals surface area contributed by atoms with E-state index in [0.717, 1.165) is 36.9 Å². The lowest BCUT2D eigenvalue weighted by Crippen LogP contribution is -2.39. The number of pyridine rings is 1. The summed E-state index contributed by atoms with van der Waals surface area (Å²) in [6.07, 6.45) is 7.81. The number of likely N-dealkylation sites (tertiary alicyclic amines) is 1. The number of benzene rings is 1. The van der Waals surface area contributed by atoms with Gasteiger partial charge in [0.25, 0.3) is 0 Å². The zero-order chi connectivity index (χ0) is 19.2. The Morgan fingerprint density at radius 1 is 1.14 bits per heavy atom. The second-order valence-electron chi connectivity index (χ2n) is 7.16. The van der Waals surface area contributed by atoms with Gasteiger partial charge in [0.05, 0.1) is 0 Å². The fourth-order valence-electron chi connectivity index (χ4n) is 3.75. The van der Waals surface area contributed by atoms with Crippen LogP contribution in [0.3, 0.4) is 0 Å². The molecule has 3 heterocycles. The largest absolute Gasteiger partial charge is 0.352 e. The molecular formula is C22H26N6. The number of aromatic nitrogens is 3. The van der Waals surface area contributed by atoms with E-state index in [-0.39, 0.29) is 0 Å². The molecule has 0 saturated carbocycles. The number of aliphatic imine (C=N–C) groups is 1. The second-order valence-corrected chi connectivity index (χ2v) is 7.16. The Morgan fingerprint density at radius 2 is 2.04 bits per heavy atom. The van der Waals surface area contributed by atoms with Gasteiger partial charge in [0.1, 0.15) is 0 Å². The Labute approximate surface area is 165 Å². The van der Waals surface area contributed by atoms with Crippen molar-refractivity contribution in [1.29, 1.82) is 0 Å². The van der Waals surface area contributed by atoms with Crippen molar-refractivity contribution in [3.8, 4) is 5.82 Å². The van der Waals surface area contributed by atoms with Crippen molar-refractivity contribution >= 4 is 5.96 Å². The van der Waals surface area contributed by atoms with Gasteiger partial charge in [-0.25, -0.2) is 9.67 Å². The van der Waals surface area contributed by atoms with Crippen molar-refractivity contribution in [2.45, 2.75) is 19.4 Å². The maximum Gasteiger partial charge on any atom is 0.193 e. The molecule has 0 spiro atoms. The molecule has 3 aromatic rings. The van der Waals surface area contributed by atoms with Crippen LogP contribution >= 0.6 is 0 Å². The van der Waals surface area contributed by atoms with Crippen molar-refractivity contribution in [3.05, 3.63) is 78.2 Å². The first-order valence-electron chi connectivity index (χ1n) is 9.76. The number of nitrogens with one attached hydrogen (secondary N) is 1. The first-order valence-corrected chi connectivity index (χ1v) is 9.76. The summed E-state index contributed by atoms with van der Waals surface area (Å²) in [6, 6.07) is 16.7. The van der Waals surface area contributed by atoms with E-state index in [0.29, 0.717) is 12.5 Å². The molecule has 1 N–H and O–H groups in total. The average Bonchev–Trinajstić information content (AvgIpc) is 3.42. The van der Waals surface area contributed by atoms with Crippen molar-refractivity contribution in [1.82, 2.24) is 25.0 Å². The molecule has 0 aliphatic carbocycles. The average molecular weight is 374 g/mol. The van der Waals surface area contributed by atoms with Gasteiger partial charge in [-0.1, -0.05) is 30.3 Å². The standard InChI is InChI=1S/C22H26N6/c1-23-22(27-13-9-20(17-27)14-18-6-3-2-4-7-18)25-16-19-8-11-24-21(15-19)28-12-5-10-26-28/h2-8,10-12,15,20H,9,13-14,16-17H2,1H3,(H,23,25). The third-order valence-corrected chi connectivity index (χ3v) is 5.16. The van der Waals surface area contributed by atoms with Gasteiger partial charge in [-0.05, 0) is 48.1 Å². The minimum absolute atomic E-state index is 0.674. The van der Waals surface area contributed by atoms with Crippen LogP contribution in [-0.2, 0) is 13.0 Å². The fraction of sp³-hybridized carbons (Fsp3) is 0.318. The molecule has 28 heavy (non-hydrogen) atoms. The van der Waals surface area contributed by atoms with Gasteiger partial charge in [-0.2, -0.15) is 5.10 Å². The van der Waals surface area contributed by atoms with E-state index in [9.17, 15) is 0 Å². The Bertz CT molecular complexity index is 904. The molecule has 2 aromatic heterocycles. The maximum atomic E-state index is 4.50. The Morgan fingerprint density at radius 3 is 2.82 bits per heavy atom. The van der Waals surface area contributed by atoms with Crippen LogP contribution in [0.4, 0.5) is 0 Å². The van der Waals surface area contributed by atoms with E-state index in [4.69, 9.17) is 0 Å². The van der Waals surface area contributed by atoms with Crippen LogP contribution in [0.15, 0.2) is 72.1 Å². The molecule has 0 bridgehead atoms. The van der Waals surface area contributed by atoms with Crippen LogP contribution < -0.4 is 5.32 Å². The summed E-state index contributed by atoms with van der Waals surface area (Å²) in [7, 11) is 1.86. The highest BCUT2D eigenvalue weighted by Gasteiger charge is 2.24. The van der Waals surface area contributed by atoms with Gasteiger partial charge in [0.15, 0.2) is 11.8 Å².